The van der Waals surface area contributed by atoms with Gasteiger partial charge in [0.1, 0.15) is 17.4 Å². The Kier molecular flexibility index (Phi) is 10.3. The summed E-state index contributed by atoms with van der Waals surface area (Å²) in [5, 5.41) is 26.3. The Bertz CT molecular complexity index is 1200. The molecule has 2 atom stereocenters. The molecule has 0 saturated heterocycles. The van der Waals surface area contributed by atoms with Gasteiger partial charge < -0.3 is 20.8 Å². The summed E-state index contributed by atoms with van der Waals surface area (Å²) in [5.41, 5.74) is 2.81. The van der Waals surface area contributed by atoms with Crippen molar-refractivity contribution >= 4 is 11.7 Å². The molecule has 1 amide bonds. The molecule has 0 aliphatic rings. The average molecular weight is 511 g/mol. The predicted molar refractivity (Wildman–Crippen MR) is 137 cm³/mol. The summed E-state index contributed by atoms with van der Waals surface area (Å²) in [7, 11) is 0. The number of nitrogens with one attached hydrogen (secondary N) is 2. The van der Waals surface area contributed by atoms with Crippen LogP contribution in [0.1, 0.15) is 46.8 Å². The molecular weight excluding hydrogens is 478 g/mol. The number of ketones is 1. The minimum atomic E-state index is -1.06. The van der Waals surface area contributed by atoms with Crippen LogP contribution >= 0.6 is 0 Å². The molecular formula is C29H32F2N2O4. The lowest BCUT2D eigenvalue weighted by molar-refractivity contribution is -0.122. The maximum Gasteiger partial charge on any atom is 0.220 e. The highest BCUT2D eigenvalue weighted by atomic mass is 19.1. The number of rotatable bonds is 13. The predicted octanol–water partition coefficient (Wildman–Crippen LogP) is 4.07. The van der Waals surface area contributed by atoms with E-state index in [1.165, 1.54) is 17.7 Å². The van der Waals surface area contributed by atoms with Crippen LogP contribution < -0.4 is 10.6 Å². The summed E-state index contributed by atoms with van der Waals surface area (Å²) >= 11 is 0. The van der Waals surface area contributed by atoms with Crippen LogP contribution in [-0.4, -0.2) is 40.6 Å². The van der Waals surface area contributed by atoms with Crippen LogP contribution in [0.2, 0.25) is 0 Å². The second-order valence-corrected chi connectivity index (χ2v) is 9.00. The fourth-order valence-corrected chi connectivity index (χ4v) is 4.06. The van der Waals surface area contributed by atoms with Gasteiger partial charge in [-0.1, -0.05) is 43.3 Å². The highest BCUT2D eigenvalue weighted by molar-refractivity contribution is 5.98. The largest absolute Gasteiger partial charge is 0.508 e. The Morgan fingerprint density at radius 1 is 0.892 bits per heavy atom. The van der Waals surface area contributed by atoms with E-state index in [0.717, 1.165) is 30.2 Å². The van der Waals surface area contributed by atoms with Gasteiger partial charge >= 0.3 is 0 Å². The van der Waals surface area contributed by atoms with Crippen molar-refractivity contribution in [2.75, 3.05) is 6.54 Å². The smallest absolute Gasteiger partial charge is 0.220 e. The van der Waals surface area contributed by atoms with Crippen LogP contribution in [0.15, 0.2) is 66.7 Å². The molecule has 3 aromatic rings. The molecule has 0 bridgehead atoms. The van der Waals surface area contributed by atoms with Gasteiger partial charge in [-0.15, -0.1) is 0 Å². The Morgan fingerprint density at radius 3 is 2.30 bits per heavy atom. The Morgan fingerprint density at radius 2 is 1.59 bits per heavy atom. The van der Waals surface area contributed by atoms with E-state index in [-0.39, 0.29) is 48.5 Å². The van der Waals surface area contributed by atoms with Gasteiger partial charge in [0.25, 0.3) is 0 Å². The zero-order valence-corrected chi connectivity index (χ0v) is 20.7. The Labute approximate surface area is 215 Å². The molecule has 0 unspecified atom stereocenters. The van der Waals surface area contributed by atoms with Crippen LogP contribution in [0.25, 0.3) is 0 Å². The zero-order chi connectivity index (χ0) is 26.8. The topological polar surface area (TPSA) is 98.7 Å². The van der Waals surface area contributed by atoms with Crippen molar-refractivity contribution in [3.8, 4) is 5.75 Å². The second-order valence-electron chi connectivity index (χ2n) is 9.00. The molecule has 0 aliphatic heterocycles. The van der Waals surface area contributed by atoms with E-state index < -0.39 is 29.7 Å². The number of hydrogen-bond donors (Lipinski definition) is 4. The number of aryl methyl sites for hydroxylation is 1. The number of aliphatic hydroxyl groups excluding tert-OH is 1. The highest BCUT2D eigenvalue weighted by Gasteiger charge is 2.23. The van der Waals surface area contributed by atoms with Gasteiger partial charge in [-0.25, -0.2) is 8.78 Å². The lowest BCUT2D eigenvalue weighted by atomic mass is 9.99. The van der Waals surface area contributed by atoms with Crippen LogP contribution in [-0.2, 0) is 24.2 Å². The molecule has 0 aliphatic carbocycles. The minimum absolute atomic E-state index is 0.00487. The number of phenolic OH excluding ortho intramolecular Hbond substituents is 1. The third-order valence-corrected chi connectivity index (χ3v) is 6.02. The number of halogens is 2. The molecule has 0 heterocycles. The number of aliphatic hydroxyl groups is 1. The summed E-state index contributed by atoms with van der Waals surface area (Å²) in [6, 6.07) is 16.1. The van der Waals surface area contributed by atoms with Gasteiger partial charge in [0.15, 0.2) is 5.78 Å². The number of carbonyl (C=O) groups excluding carboxylic acids is 2. The first-order valence-corrected chi connectivity index (χ1v) is 12.3. The minimum Gasteiger partial charge on any atom is -0.508 e. The number of hydrogen-bond acceptors (Lipinski definition) is 5. The molecule has 3 aromatic carbocycles. The van der Waals surface area contributed by atoms with E-state index in [2.05, 4.69) is 23.6 Å². The summed E-state index contributed by atoms with van der Waals surface area (Å²) < 4.78 is 27.5. The van der Waals surface area contributed by atoms with Crippen molar-refractivity contribution in [3.63, 3.8) is 0 Å². The summed E-state index contributed by atoms with van der Waals surface area (Å²) in [5.74, 6) is -2.34. The number of Topliss-reactive ketones (excluding diaryl/α,β-unsaturated/α-hetero) is 1. The van der Waals surface area contributed by atoms with Crippen molar-refractivity contribution in [1.29, 1.82) is 0 Å². The van der Waals surface area contributed by atoms with Gasteiger partial charge in [0.05, 0.1) is 12.1 Å². The molecule has 0 spiro atoms. The first-order chi connectivity index (χ1) is 17.7. The number of benzene rings is 3. The van der Waals surface area contributed by atoms with Crippen LogP contribution in [0.4, 0.5) is 8.78 Å². The third kappa shape index (κ3) is 9.08. The number of amides is 1. The van der Waals surface area contributed by atoms with E-state index in [1.807, 2.05) is 18.2 Å². The Balaban J connectivity index is 1.62. The summed E-state index contributed by atoms with van der Waals surface area (Å²) in [6.45, 7) is 2.69. The molecule has 3 rings (SSSR count). The molecule has 196 valence electrons. The van der Waals surface area contributed by atoms with E-state index in [9.17, 15) is 28.6 Å². The fourth-order valence-electron chi connectivity index (χ4n) is 4.06. The van der Waals surface area contributed by atoms with Crippen molar-refractivity contribution in [3.05, 3.63) is 101 Å². The standard InChI is InChI=1S/C29H32F2N2O4/c1-2-19-5-3-6-20(11-19)17-32-18-28(36)26(14-21-12-23(30)16-24(31)13-21)33-29(37)10-9-27(35)22-7-4-8-25(34)15-22/h3-8,11-13,15-16,26,28,32,34,36H,2,9-10,14,17-18H2,1H3,(H,33,37)/t26-,28-/m0/s1. The van der Waals surface area contributed by atoms with Crippen LogP contribution in [0, 0.1) is 11.6 Å². The van der Waals surface area contributed by atoms with Gasteiger partial charge in [0.2, 0.25) is 5.91 Å². The first-order valence-electron chi connectivity index (χ1n) is 12.3. The van der Waals surface area contributed by atoms with E-state index in [0.29, 0.717) is 6.54 Å². The van der Waals surface area contributed by atoms with Crippen molar-refractivity contribution < 1.29 is 28.6 Å². The maximum atomic E-state index is 13.7. The Hall–Kier alpha value is -3.62. The van der Waals surface area contributed by atoms with Gasteiger partial charge in [0, 0.05) is 37.6 Å². The molecule has 0 radical (unpaired) electrons. The summed E-state index contributed by atoms with van der Waals surface area (Å²) in [6.07, 6.45) is -0.408. The normalized spacial score (nSPS) is 12.6. The maximum absolute atomic E-state index is 13.7. The third-order valence-electron chi connectivity index (χ3n) is 6.02. The SMILES string of the molecule is CCc1cccc(CNC[C@H](O)[C@H](Cc2cc(F)cc(F)c2)NC(=O)CCC(=O)c2cccc(O)c2)c1. The number of aromatic hydroxyl groups is 1. The van der Waals surface area contributed by atoms with Gasteiger partial charge in [-0.05, 0) is 53.8 Å². The van der Waals surface area contributed by atoms with E-state index in [1.54, 1.807) is 12.1 Å². The van der Waals surface area contributed by atoms with Crippen LogP contribution in [0.3, 0.4) is 0 Å². The first kappa shape index (κ1) is 28.0. The molecule has 0 fully saturated rings. The average Bonchev–Trinajstić information content (AvgIpc) is 2.86. The number of carbonyl (C=O) groups is 2. The molecule has 37 heavy (non-hydrogen) atoms. The van der Waals surface area contributed by atoms with Crippen molar-refractivity contribution in [2.24, 2.45) is 0 Å². The molecule has 6 nitrogen and oxygen atoms in total. The van der Waals surface area contributed by atoms with Gasteiger partial charge in [-0.2, -0.15) is 0 Å². The quantitative estimate of drug-likeness (QED) is 0.260. The molecule has 0 saturated carbocycles. The lowest BCUT2D eigenvalue weighted by Gasteiger charge is -2.25. The van der Waals surface area contributed by atoms with Crippen molar-refractivity contribution in [1.82, 2.24) is 10.6 Å². The second kappa shape index (κ2) is 13.6. The van der Waals surface area contributed by atoms with Crippen molar-refractivity contribution in [2.45, 2.75) is 51.3 Å². The van der Waals surface area contributed by atoms with E-state index >= 15 is 0 Å². The number of phenols is 1. The van der Waals surface area contributed by atoms with Crippen LogP contribution in [0.5, 0.6) is 5.75 Å². The lowest BCUT2D eigenvalue weighted by Crippen LogP contribution is -2.48. The van der Waals surface area contributed by atoms with E-state index in [4.69, 9.17) is 0 Å². The fraction of sp³-hybridized carbons (Fsp3) is 0.310. The molecule has 8 heteroatoms. The molecule has 0 aromatic heterocycles. The highest BCUT2D eigenvalue weighted by Crippen LogP contribution is 2.15. The molecule has 4 N–H and O–H groups in total. The zero-order valence-electron chi connectivity index (χ0n) is 20.7. The monoisotopic (exact) mass is 510 g/mol. The summed E-state index contributed by atoms with van der Waals surface area (Å²) in [4.78, 5) is 25.0. The van der Waals surface area contributed by atoms with Gasteiger partial charge in [-0.3, -0.25) is 9.59 Å².